The van der Waals surface area contributed by atoms with Gasteiger partial charge in [-0.25, -0.2) is 0 Å². The van der Waals surface area contributed by atoms with Crippen LogP contribution in [0.1, 0.15) is 24.2 Å². The fraction of sp³-hybridized carbons (Fsp3) is 0.294. The Morgan fingerprint density at radius 1 is 1.19 bits per heavy atom. The molecule has 0 bridgehead atoms. The SMILES string of the molecule is CCC(N)C(Sc1cccc(OC)c1)c1ccc(Cl)cc1. The molecule has 2 nitrogen and oxygen atoms in total. The number of benzene rings is 2. The van der Waals surface area contributed by atoms with Gasteiger partial charge in [0.2, 0.25) is 0 Å². The molecule has 2 N–H and O–H groups in total. The molecule has 2 atom stereocenters. The van der Waals surface area contributed by atoms with Crippen molar-refractivity contribution in [3.05, 3.63) is 59.1 Å². The second-order valence-electron chi connectivity index (χ2n) is 4.84. The Morgan fingerprint density at radius 2 is 1.90 bits per heavy atom. The van der Waals surface area contributed by atoms with E-state index in [-0.39, 0.29) is 11.3 Å². The quantitative estimate of drug-likeness (QED) is 0.767. The number of methoxy groups -OCH3 is 1. The highest BCUT2D eigenvalue weighted by Crippen LogP contribution is 2.39. The first-order chi connectivity index (χ1) is 10.1. The molecule has 0 saturated heterocycles. The molecule has 0 amide bonds. The minimum atomic E-state index is 0.0855. The van der Waals surface area contributed by atoms with Gasteiger partial charge in [0.25, 0.3) is 0 Å². The molecule has 2 unspecified atom stereocenters. The lowest BCUT2D eigenvalue weighted by Crippen LogP contribution is -2.25. The van der Waals surface area contributed by atoms with Gasteiger partial charge in [-0.2, -0.15) is 0 Å². The summed E-state index contributed by atoms with van der Waals surface area (Å²) in [4.78, 5) is 1.15. The molecule has 112 valence electrons. The van der Waals surface area contributed by atoms with Gasteiger partial charge in [-0.05, 0) is 42.3 Å². The molecule has 2 rings (SSSR count). The first kappa shape index (κ1) is 16.2. The summed E-state index contributed by atoms with van der Waals surface area (Å²) in [5.74, 6) is 0.861. The number of ether oxygens (including phenoxy) is 1. The maximum atomic E-state index is 6.32. The van der Waals surface area contributed by atoms with Crippen molar-refractivity contribution in [3.8, 4) is 5.75 Å². The van der Waals surface area contributed by atoms with Crippen LogP contribution in [-0.2, 0) is 0 Å². The molecular weight excluding hydrogens is 302 g/mol. The second kappa shape index (κ2) is 7.74. The summed E-state index contributed by atoms with van der Waals surface area (Å²) in [5.41, 5.74) is 7.52. The van der Waals surface area contributed by atoms with Crippen molar-refractivity contribution >= 4 is 23.4 Å². The molecule has 0 radical (unpaired) electrons. The van der Waals surface area contributed by atoms with E-state index < -0.39 is 0 Å². The molecule has 0 fully saturated rings. The van der Waals surface area contributed by atoms with E-state index in [2.05, 4.69) is 25.1 Å². The fourth-order valence-electron chi connectivity index (χ4n) is 2.09. The molecule has 0 heterocycles. The van der Waals surface area contributed by atoms with Crippen LogP contribution in [0.2, 0.25) is 5.02 Å². The zero-order valence-corrected chi connectivity index (χ0v) is 13.8. The number of nitrogens with two attached hydrogens (primary N) is 1. The van der Waals surface area contributed by atoms with E-state index in [1.807, 2.05) is 30.3 Å². The molecule has 0 aliphatic carbocycles. The maximum Gasteiger partial charge on any atom is 0.119 e. The molecule has 2 aromatic carbocycles. The standard InChI is InChI=1S/C17H20ClNOS/c1-3-16(19)17(12-7-9-13(18)10-8-12)21-15-6-4-5-14(11-15)20-2/h4-11,16-17H,3,19H2,1-2H3. The Morgan fingerprint density at radius 3 is 2.52 bits per heavy atom. The van der Waals surface area contributed by atoms with Crippen LogP contribution in [0.4, 0.5) is 0 Å². The van der Waals surface area contributed by atoms with E-state index in [0.717, 1.165) is 22.1 Å². The summed E-state index contributed by atoms with van der Waals surface area (Å²) in [6.45, 7) is 2.11. The van der Waals surface area contributed by atoms with Gasteiger partial charge in [0.1, 0.15) is 5.75 Å². The van der Waals surface area contributed by atoms with Crippen LogP contribution in [-0.4, -0.2) is 13.2 Å². The Labute approximate surface area is 135 Å². The highest BCUT2D eigenvalue weighted by atomic mass is 35.5. The monoisotopic (exact) mass is 321 g/mol. The Bertz CT molecular complexity index is 573. The van der Waals surface area contributed by atoms with Crippen molar-refractivity contribution < 1.29 is 4.74 Å². The smallest absolute Gasteiger partial charge is 0.119 e. The minimum Gasteiger partial charge on any atom is -0.497 e. The minimum absolute atomic E-state index is 0.0855. The van der Waals surface area contributed by atoms with Gasteiger partial charge in [-0.15, -0.1) is 11.8 Å². The van der Waals surface area contributed by atoms with Crippen LogP contribution in [0, 0.1) is 0 Å². The van der Waals surface area contributed by atoms with Crippen LogP contribution in [0.5, 0.6) is 5.75 Å². The predicted octanol–water partition coefficient (Wildman–Crippen LogP) is 4.92. The van der Waals surface area contributed by atoms with Gasteiger partial charge in [0, 0.05) is 21.2 Å². The van der Waals surface area contributed by atoms with Crippen molar-refractivity contribution in [3.63, 3.8) is 0 Å². The zero-order valence-electron chi connectivity index (χ0n) is 12.3. The van der Waals surface area contributed by atoms with Crippen LogP contribution in [0.3, 0.4) is 0 Å². The number of thioether (sulfide) groups is 1. The average Bonchev–Trinajstić information content (AvgIpc) is 2.53. The van der Waals surface area contributed by atoms with Crippen molar-refractivity contribution in [2.24, 2.45) is 5.73 Å². The number of rotatable bonds is 6. The summed E-state index contributed by atoms with van der Waals surface area (Å²) < 4.78 is 5.28. The lowest BCUT2D eigenvalue weighted by atomic mass is 10.0. The molecule has 0 aliphatic rings. The average molecular weight is 322 g/mol. The van der Waals surface area contributed by atoms with Crippen molar-refractivity contribution in [2.45, 2.75) is 29.5 Å². The molecular formula is C17H20ClNOS. The van der Waals surface area contributed by atoms with Gasteiger partial charge in [0.05, 0.1) is 7.11 Å². The van der Waals surface area contributed by atoms with Gasteiger partial charge < -0.3 is 10.5 Å². The summed E-state index contributed by atoms with van der Waals surface area (Å²) in [6, 6.07) is 16.1. The second-order valence-corrected chi connectivity index (χ2v) is 6.49. The summed E-state index contributed by atoms with van der Waals surface area (Å²) >= 11 is 7.74. The van der Waals surface area contributed by atoms with Crippen LogP contribution in [0.15, 0.2) is 53.4 Å². The zero-order chi connectivity index (χ0) is 15.2. The maximum absolute atomic E-state index is 6.32. The normalized spacial score (nSPS) is 13.7. The first-order valence-electron chi connectivity index (χ1n) is 6.95. The van der Waals surface area contributed by atoms with Crippen molar-refractivity contribution in [1.29, 1.82) is 0 Å². The van der Waals surface area contributed by atoms with Gasteiger partial charge >= 0.3 is 0 Å². The van der Waals surface area contributed by atoms with Crippen LogP contribution >= 0.6 is 23.4 Å². The first-order valence-corrected chi connectivity index (χ1v) is 8.21. The number of halogens is 1. The van der Waals surface area contributed by atoms with Crippen molar-refractivity contribution in [1.82, 2.24) is 0 Å². The third-order valence-electron chi connectivity index (χ3n) is 3.36. The molecule has 0 saturated carbocycles. The predicted molar refractivity (Wildman–Crippen MR) is 91.3 cm³/mol. The highest BCUT2D eigenvalue weighted by Gasteiger charge is 2.20. The number of hydrogen-bond donors (Lipinski definition) is 1. The molecule has 4 heteroatoms. The fourth-order valence-corrected chi connectivity index (χ4v) is 3.51. The van der Waals surface area contributed by atoms with Gasteiger partial charge in [-0.1, -0.05) is 36.7 Å². The highest BCUT2D eigenvalue weighted by molar-refractivity contribution is 7.99. The van der Waals surface area contributed by atoms with E-state index in [1.165, 1.54) is 5.56 Å². The van der Waals surface area contributed by atoms with E-state index in [1.54, 1.807) is 18.9 Å². The largest absolute Gasteiger partial charge is 0.497 e. The van der Waals surface area contributed by atoms with E-state index in [0.29, 0.717) is 0 Å². The molecule has 2 aromatic rings. The summed E-state index contributed by atoms with van der Waals surface area (Å²) in [6.07, 6.45) is 0.921. The van der Waals surface area contributed by atoms with E-state index in [4.69, 9.17) is 22.1 Å². The van der Waals surface area contributed by atoms with Crippen molar-refractivity contribution in [2.75, 3.05) is 7.11 Å². The van der Waals surface area contributed by atoms with Gasteiger partial charge in [0.15, 0.2) is 0 Å². The topological polar surface area (TPSA) is 35.2 Å². The van der Waals surface area contributed by atoms with Gasteiger partial charge in [-0.3, -0.25) is 0 Å². The van der Waals surface area contributed by atoms with E-state index in [9.17, 15) is 0 Å². The Hall–Kier alpha value is -1.16. The Balaban J connectivity index is 2.25. The lowest BCUT2D eigenvalue weighted by molar-refractivity contribution is 0.413. The summed E-state index contributed by atoms with van der Waals surface area (Å²) in [5, 5.41) is 0.938. The molecule has 21 heavy (non-hydrogen) atoms. The molecule has 0 spiro atoms. The molecule has 0 aromatic heterocycles. The number of hydrogen-bond acceptors (Lipinski definition) is 3. The Kier molecular flexibility index (Phi) is 5.97. The lowest BCUT2D eigenvalue weighted by Gasteiger charge is -2.23. The third-order valence-corrected chi connectivity index (χ3v) is 5.02. The third kappa shape index (κ3) is 4.40. The van der Waals surface area contributed by atoms with Crippen LogP contribution < -0.4 is 10.5 Å². The van der Waals surface area contributed by atoms with Crippen LogP contribution in [0.25, 0.3) is 0 Å². The molecule has 0 aliphatic heterocycles. The summed E-state index contributed by atoms with van der Waals surface area (Å²) in [7, 11) is 1.68. The van der Waals surface area contributed by atoms with E-state index >= 15 is 0 Å².